The first-order chi connectivity index (χ1) is 7.47. The average Bonchev–Trinajstić information content (AvgIpc) is 2.26. The highest BCUT2D eigenvalue weighted by atomic mass is 35.5. The summed E-state index contributed by atoms with van der Waals surface area (Å²) in [6, 6.07) is 4.14. The van der Waals surface area contributed by atoms with E-state index in [9.17, 15) is 4.79 Å². The van der Waals surface area contributed by atoms with Crippen LogP contribution in [-0.4, -0.2) is 42.3 Å². The highest BCUT2D eigenvalue weighted by molar-refractivity contribution is 6.59. The second-order valence-electron chi connectivity index (χ2n) is 3.10. The van der Waals surface area contributed by atoms with E-state index in [1.807, 2.05) is 0 Å². The number of benzene rings is 1. The Morgan fingerprint density at radius 1 is 1.50 bits per heavy atom. The molecule has 16 heavy (non-hydrogen) atoms. The first-order valence-corrected chi connectivity index (χ1v) is 4.83. The molecule has 0 unspecified atom stereocenters. The Hall–Kier alpha value is -1.08. The number of nitrogens with zero attached hydrogens (tertiary/aromatic N) is 1. The van der Waals surface area contributed by atoms with Crippen molar-refractivity contribution in [2.45, 2.75) is 0 Å². The molecule has 0 saturated heterocycles. The van der Waals surface area contributed by atoms with Gasteiger partial charge in [0.15, 0.2) is 0 Å². The molecule has 0 spiro atoms. The standard InChI is InChI=1S/C9H11BClNO4/c1-12(16-2)9(13)7-4-3-6(10(14)15)5-8(7)11/h3-5,14-15H,1-2H3. The largest absolute Gasteiger partial charge is 0.488 e. The predicted octanol–water partition coefficient (Wildman–Crippen LogP) is -0.347. The van der Waals surface area contributed by atoms with Crippen molar-refractivity contribution in [2.24, 2.45) is 0 Å². The van der Waals surface area contributed by atoms with Crippen molar-refractivity contribution >= 4 is 30.1 Å². The number of rotatable bonds is 3. The molecule has 0 atom stereocenters. The van der Waals surface area contributed by atoms with Crippen molar-refractivity contribution in [2.75, 3.05) is 14.2 Å². The summed E-state index contributed by atoms with van der Waals surface area (Å²) in [4.78, 5) is 16.4. The van der Waals surface area contributed by atoms with Crippen LogP contribution in [0.1, 0.15) is 10.4 Å². The third kappa shape index (κ3) is 2.73. The van der Waals surface area contributed by atoms with Crippen LogP contribution in [0.3, 0.4) is 0 Å². The molecular weight excluding hydrogens is 232 g/mol. The Morgan fingerprint density at radius 2 is 2.12 bits per heavy atom. The number of amides is 1. The topological polar surface area (TPSA) is 70.0 Å². The Balaban J connectivity index is 3.04. The Kier molecular flexibility index (Phi) is 4.31. The van der Waals surface area contributed by atoms with Gasteiger partial charge in [-0.1, -0.05) is 17.7 Å². The van der Waals surface area contributed by atoms with Gasteiger partial charge in [-0.15, -0.1) is 0 Å². The maximum Gasteiger partial charge on any atom is 0.488 e. The van der Waals surface area contributed by atoms with Gasteiger partial charge < -0.3 is 10.0 Å². The number of carbonyl (C=O) groups is 1. The lowest BCUT2D eigenvalue weighted by molar-refractivity contribution is -0.0756. The van der Waals surface area contributed by atoms with Gasteiger partial charge in [-0.25, -0.2) is 5.06 Å². The SMILES string of the molecule is CON(C)C(=O)c1ccc(B(O)O)cc1Cl. The lowest BCUT2D eigenvalue weighted by Crippen LogP contribution is -2.31. The van der Waals surface area contributed by atoms with Crippen LogP contribution in [0.2, 0.25) is 5.02 Å². The van der Waals surface area contributed by atoms with Gasteiger partial charge in [-0.05, 0) is 17.6 Å². The summed E-state index contributed by atoms with van der Waals surface area (Å²) in [5, 5.41) is 19.0. The second kappa shape index (κ2) is 5.31. The summed E-state index contributed by atoms with van der Waals surface area (Å²) in [5.74, 6) is -0.411. The summed E-state index contributed by atoms with van der Waals surface area (Å²) in [5.41, 5.74) is 0.456. The molecule has 86 valence electrons. The molecule has 1 aromatic rings. The monoisotopic (exact) mass is 243 g/mol. The molecule has 0 aliphatic carbocycles. The van der Waals surface area contributed by atoms with Crippen LogP contribution in [0.4, 0.5) is 0 Å². The number of halogens is 1. The van der Waals surface area contributed by atoms with Gasteiger partial charge >= 0.3 is 7.12 Å². The van der Waals surface area contributed by atoms with Gasteiger partial charge in [0, 0.05) is 7.05 Å². The number of hydrogen-bond acceptors (Lipinski definition) is 4. The molecule has 2 N–H and O–H groups in total. The zero-order valence-electron chi connectivity index (χ0n) is 8.85. The van der Waals surface area contributed by atoms with E-state index in [1.165, 1.54) is 32.4 Å². The van der Waals surface area contributed by atoms with Gasteiger partial charge in [-0.3, -0.25) is 9.63 Å². The van der Waals surface area contributed by atoms with Crippen LogP contribution in [0.5, 0.6) is 0 Å². The van der Waals surface area contributed by atoms with E-state index in [2.05, 4.69) is 0 Å². The molecule has 0 bridgehead atoms. The number of hydroxylamine groups is 2. The quantitative estimate of drug-likeness (QED) is 0.562. The van der Waals surface area contributed by atoms with Crippen LogP contribution < -0.4 is 5.46 Å². The fourth-order valence-electron chi connectivity index (χ4n) is 1.12. The molecule has 0 radical (unpaired) electrons. The van der Waals surface area contributed by atoms with Crippen molar-refractivity contribution in [3.8, 4) is 0 Å². The molecule has 0 heterocycles. The van der Waals surface area contributed by atoms with Crippen molar-refractivity contribution in [1.82, 2.24) is 5.06 Å². The molecule has 7 heteroatoms. The van der Waals surface area contributed by atoms with Crippen LogP contribution in [0.15, 0.2) is 18.2 Å². The average molecular weight is 243 g/mol. The van der Waals surface area contributed by atoms with Crippen molar-refractivity contribution in [3.63, 3.8) is 0 Å². The highest BCUT2D eigenvalue weighted by Crippen LogP contribution is 2.15. The summed E-state index contributed by atoms with van der Waals surface area (Å²) >= 11 is 5.84. The molecule has 1 amide bonds. The Bertz CT molecular complexity index is 399. The lowest BCUT2D eigenvalue weighted by Gasteiger charge is -2.14. The zero-order chi connectivity index (χ0) is 12.3. The van der Waals surface area contributed by atoms with Crippen LogP contribution in [0.25, 0.3) is 0 Å². The van der Waals surface area contributed by atoms with E-state index < -0.39 is 13.0 Å². The molecule has 0 fully saturated rings. The molecule has 0 aromatic heterocycles. The van der Waals surface area contributed by atoms with E-state index in [1.54, 1.807) is 0 Å². The summed E-state index contributed by atoms with van der Waals surface area (Å²) in [7, 11) is 1.20. The van der Waals surface area contributed by atoms with Gasteiger partial charge in [0.05, 0.1) is 17.7 Å². The van der Waals surface area contributed by atoms with Gasteiger partial charge in [0.2, 0.25) is 0 Å². The van der Waals surface area contributed by atoms with E-state index in [-0.39, 0.29) is 16.0 Å². The summed E-state index contributed by atoms with van der Waals surface area (Å²) < 4.78 is 0. The highest BCUT2D eigenvalue weighted by Gasteiger charge is 2.18. The normalized spacial score (nSPS) is 10.1. The minimum atomic E-state index is -1.61. The maximum atomic E-state index is 11.7. The van der Waals surface area contributed by atoms with E-state index >= 15 is 0 Å². The zero-order valence-corrected chi connectivity index (χ0v) is 9.60. The van der Waals surface area contributed by atoms with Crippen molar-refractivity contribution in [1.29, 1.82) is 0 Å². The first-order valence-electron chi connectivity index (χ1n) is 4.45. The Labute approximate surface area is 98.3 Å². The third-order valence-electron chi connectivity index (χ3n) is 2.08. The second-order valence-corrected chi connectivity index (χ2v) is 3.51. The molecule has 0 saturated carbocycles. The van der Waals surface area contributed by atoms with Crippen LogP contribution >= 0.6 is 11.6 Å². The lowest BCUT2D eigenvalue weighted by atomic mass is 9.80. The van der Waals surface area contributed by atoms with Gasteiger partial charge in [0.25, 0.3) is 5.91 Å². The minimum Gasteiger partial charge on any atom is -0.423 e. The predicted molar refractivity (Wildman–Crippen MR) is 60.4 cm³/mol. The molecule has 0 aliphatic heterocycles. The van der Waals surface area contributed by atoms with Gasteiger partial charge in [0.1, 0.15) is 0 Å². The molecule has 1 aromatic carbocycles. The molecule has 1 rings (SSSR count). The van der Waals surface area contributed by atoms with Crippen LogP contribution in [0, 0.1) is 0 Å². The van der Waals surface area contributed by atoms with Gasteiger partial charge in [-0.2, -0.15) is 0 Å². The first kappa shape index (κ1) is 13.0. The number of hydrogen-bond donors (Lipinski definition) is 2. The smallest absolute Gasteiger partial charge is 0.423 e. The van der Waals surface area contributed by atoms with Crippen LogP contribution in [-0.2, 0) is 4.84 Å². The van der Waals surface area contributed by atoms with Crippen molar-refractivity contribution < 1.29 is 19.7 Å². The Morgan fingerprint density at radius 3 is 2.56 bits per heavy atom. The summed E-state index contributed by atoms with van der Waals surface area (Å²) in [6.45, 7) is 0. The minimum absolute atomic E-state index is 0.138. The summed E-state index contributed by atoms with van der Waals surface area (Å²) in [6.07, 6.45) is 0. The molecular formula is C9H11BClNO4. The fourth-order valence-corrected chi connectivity index (χ4v) is 1.39. The fraction of sp³-hybridized carbons (Fsp3) is 0.222. The van der Waals surface area contributed by atoms with E-state index in [4.69, 9.17) is 26.5 Å². The van der Waals surface area contributed by atoms with Crippen molar-refractivity contribution in [3.05, 3.63) is 28.8 Å². The maximum absolute atomic E-state index is 11.7. The van der Waals surface area contributed by atoms with E-state index in [0.717, 1.165) is 5.06 Å². The molecule has 5 nitrogen and oxygen atoms in total. The third-order valence-corrected chi connectivity index (χ3v) is 2.39. The number of carbonyl (C=O) groups excluding carboxylic acids is 1. The van der Waals surface area contributed by atoms with E-state index in [0.29, 0.717) is 0 Å². The molecule has 0 aliphatic rings.